The minimum absolute atomic E-state index is 0.00473. The number of terminal acetylenes is 1. The summed E-state index contributed by atoms with van der Waals surface area (Å²) in [6.45, 7) is 2.92. The van der Waals surface area contributed by atoms with E-state index in [0.717, 1.165) is 38.9 Å². The van der Waals surface area contributed by atoms with Gasteiger partial charge >= 0.3 is 6.01 Å². The fraction of sp³-hybridized carbons (Fsp3) is 0.367. The number of fused-ring (bicyclic) bond motifs is 3. The summed E-state index contributed by atoms with van der Waals surface area (Å²) in [6, 6.07) is 5.44. The van der Waals surface area contributed by atoms with Crippen molar-refractivity contribution in [1.29, 1.82) is 0 Å². The second-order valence-corrected chi connectivity index (χ2v) is 10.9. The van der Waals surface area contributed by atoms with Crippen LogP contribution < -0.4 is 9.64 Å². The minimum Gasteiger partial charge on any atom is -0.508 e. The van der Waals surface area contributed by atoms with E-state index in [9.17, 15) is 13.9 Å². The van der Waals surface area contributed by atoms with E-state index in [-0.39, 0.29) is 46.1 Å². The lowest BCUT2D eigenvalue weighted by Crippen LogP contribution is -2.43. The average Bonchev–Trinajstić information content (AvgIpc) is 3.42. The molecule has 3 saturated heterocycles. The van der Waals surface area contributed by atoms with E-state index in [4.69, 9.17) is 11.2 Å². The SMILES string of the molecule is C#Cc1c(F)ccc2cc(O)cc(-c3ncc4c(N5CCC5)nc(OC[C@@]56CCCN5C[C@H](F)C6)nc4c3F)c12. The Morgan fingerprint density at radius 2 is 2.00 bits per heavy atom. The van der Waals surface area contributed by atoms with Crippen LogP contribution in [0.1, 0.15) is 31.2 Å². The number of hydrogen-bond donors (Lipinski definition) is 1. The van der Waals surface area contributed by atoms with Crippen molar-refractivity contribution in [2.24, 2.45) is 0 Å². The molecule has 7 nitrogen and oxygen atoms in total. The van der Waals surface area contributed by atoms with Gasteiger partial charge in [0, 0.05) is 43.2 Å². The Morgan fingerprint density at radius 3 is 2.77 bits per heavy atom. The highest BCUT2D eigenvalue weighted by Crippen LogP contribution is 2.42. The Morgan fingerprint density at radius 1 is 1.15 bits per heavy atom. The number of phenols is 1. The number of ether oxygens (including phenoxy) is 1. The van der Waals surface area contributed by atoms with Gasteiger partial charge in [-0.2, -0.15) is 9.97 Å². The lowest BCUT2D eigenvalue weighted by atomic mass is 9.95. The molecule has 0 spiro atoms. The molecule has 3 aliphatic heterocycles. The van der Waals surface area contributed by atoms with Gasteiger partial charge in [0.15, 0.2) is 5.82 Å². The number of benzene rings is 2. The number of alkyl halides is 1. The molecule has 0 radical (unpaired) electrons. The van der Waals surface area contributed by atoms with Crippen LogP contribution in [-0.4, -0.2) is 69.5 Å². The first-order valence-corrected chi connectivity index (χ1v) is 13.4. The predicted octanol–water partition coefficient (Wildman–Crippen LogP) is 4.98. The molecule has 4 aromatic rings. The van der Waals surface area contributed by atoms with Crippen molar-refractivity contribution in [2.75, 3.05) is 37.7 Å². The maximum absolute atomic E-state index is 16.4. The van der Waals surface area contributed by atoms with E-state index in [1.165, 1.54) is 30.5 Å². The summed E-state index contributed by atoms with van der Waals surface area (Å²) in [5.74, 6) is 1.31. The molecule has 0 unspecified atom stereocenters. The van der Waals surface area contributed by atoms with Crippen LogP contribution in [-0.2, 0) is 0 Å². The van der Waals surface area contributed by atoms with Gasteiger partial charge in [0.05, 0.1) is 16.5 Å². The lowest BCUT2D eigenvalue weighted by molar-refractivity contribution is 0.107. The Kier molecular flexibility index (Phi) is 5.75. The van der Waals surface area contributed by atoms with Crippen molar-refractivity contribution in [3.63, 3.8) is 0 Å². The third-order valence-electron chi connectivity index (χ3n) is 8.48. The highest BCUT2D eigenvalue weighted by molar-refractivity contribution is 6.03. The number of aromatic hydroxyl groups is 1. The van der Waals surface area contributed by atoms with Crippen molar-refractivity contribution in [2.45, 2.75) is 37.4 Å². The van der Waals surface area contributed by atoms with E-state index in [0.29, 0.717) is 29.6 Å². The Balaban J connectivity index is 1.37. The van der Waals surface area contributed by atoms with E-state index in [2.05, 4.69) is 25.8 Å². The zero-order valence-electron chi connectivity index (χ0n) is 21.6. The average molecular weight is 546 g/mol. The predicted molar refractivity (Wildman–Crippen MR) is 145 cm³/mol. The number of rotatable bonds is 5. The molecule has 2 aromatic carbocycles. The smallest absolute Gasteiger partial charge is 0.319 e. The maximum atomic E-state index is 16.4. The first-order valence-electron chi connectivity index (χ1n) is 13.4. The highest BCUT2D eigenvalue weighted by Gasteiger charge is 2.49. The van der Waals surface area contributed by atoms with Gasteiger partial charge in [0.2, 0.25) is 0 Å². The van der Waals surface area contributed by atoms with Gasteiger partial charge in [0.1, 0.15) is 41.4 Å². The largest absolute Gasteiger partial charge is 0.508 e. The number of aromatic nitrogens is 3. The maximum Gasteiger partial charge on any atom is 0.319 e. The van der Waals surface area contributed by atoms with Crippen molar-refractivity contribution in [3.8, 4) is 35.4 Å². The fourth-order valence-electron chi connectivity index (χ4n) is 6.44. The van der Waals surface area contributed by atoms with Gasteiger partial charge in [-0.25, -0.2) is 13.2 Å². The number of pyridine rings is 1. The summed E-state index contributed by atoms with van der Waals surface area (Å²) in [4.78, 5) is 17.6. The molecule has 0 amide bonds. The summed E-state index contributed by atoms with van der Waals surface area (Å²) in [5, 5.41) is 11.5. The number of halogens is 3. The second kappa shape index (κ2) is 9.24. The van der Waals surface area contributed by atoms with E-state index in [1.54, 1.807) is 0 Å². The fourth-order valence-corrected chi connectivity index (χ4v) is 6.44. The monoisotopic (exact) mass is 545 g/mol. The summed E-state index contributed by atoms with van der Waals surface area (Å²) >= 11 is 0. The Hall–Kier alpha value is -4.10. The van der Waals surface area contributed by atoms with Crippen molar-refractivity contribution in [3.05, 3.63) is 47.7 Å². The first kappa shape index (κ1) is 24.9. The van der Waals surface area contributed by atoms with Crippen LogP contribution in [0.25, 0.3) is 32.9 Å². The molecule has 0 bridgehead atoms. The Bertz CT molecular complexity index is 1720. The molecular formula is C30H26F3N5O2. The second-order valence-electron chi connectivity index (χ2n) is 10.9. The topological polar surface area (TPSA) is 74.6 Å². The van der Waals surface area contributed by atoms with Crippen molar-refractivity contribution < 1.29 is 23.0 Å². The van der Waals surface area contributed by atoms with Gasteiger partial charge in [-0.1, -0.05) is 12.0 Å². The number of anilines is 1. The third-order valence-corrected chi connectivity index (χ3v) is 8.48. The molecule has 10 heteroatoms. The molecule has 0 saturated carbocycles. The van der Waals surface area contributed by atoms with Crippen LogP contribution in [0, 0.1) is 24.0 Å². The van der Waals surface area contributed by atoms with Crippen molar-refractivity contribution >= 4 is 27.5 Å². The summed E-state index contributed by atoms with van der Waals surface area (Å²) in [7, 11) is 0. The molecule has 7 rings (SSSR count). The summed E-state index contributed by atoms with van der Waals surface area (Å²) in [6.07, 6.45) is 9.35. The first-order chi connectivity index (χ1) is 19.4. The lowest BCUT2D eigenvalue weighted by Gasteiger charge is -2.33. The van der Waals surface area contributed by atoms with Crippen LogP contribution in [0.3, 0.4) is 0 Å². The van der Waals surface area contributed by atoms with Crippen LogP contribution in [0.5, 0.6) is 11.8 Å². The van der Waals surface area contributed by atoms with Crippen LogP contribution >= 0.6 is 0 Å². The van der Waals surface area contributed by atoms with Gasteiger partial charge in [-0.3, -0.25) is 9.88 Å². The molecule has 2 atom stereocenters. The molecule has 0 aliphatic carbocycles. The minimum atomic E-state index is -0.904. The standard InChI is InChI=1S/C30H26F3N5O2/c1-2-20-23(32)6-5-17-11-19(39)12-21(24(17)20)26-25(33)27-22(14-34-26)28(37-8-4-9-37)36-29(35-27)40-16-30-7-3-10-38(30)15-18(31)13-30/h1,5-6,11-12,14,18,39H,3-4,7-10,13,15-16H2/t18-,30+/m1/s1. The number of hydrogen-bond acceptors (Lipinski definition) is 7. The normalized spacial score (nSPS) is 22.4. The summed E-state index contributed by atoms with van der Waals surface area (Å²) < 4.78 is 51.4. The Labute approximate surface area is 228 Å². The zero-order valence-corrected chi connectivity index (χ0v) is 21.6. The molecule has 1 N–H and O–H groups in total. The van der Waals surface area contributed by atoms with Gasteiger partial charge in [-0.05, 0) is 49.4 Å². The number of phenolic OH excluding ortho intramolecular Hbond substituents is 1. The van der Waals surface area contributed by atoms with Gasteiger partial charge < -0.3 is 14.7 Å². The van der Waals surface area contributed by atoms with Crippen molar-refractivity contribution in [1.82, 2.24) is 19.9 Å². The van der Waals surface area contributed by atoms with Gasteiger partial charge in [-0.15, -0.1) is 6.42 Å². The van der Waals surface area contributed by atoms with Gasteiger partial charge in [0.25, 0.3) is 0 Å². The van der Waals surface area contributed by atoms with Crippen LogP contribution in [0.4, 0.5) is 19.0 Å². The van der Waals surface area contributed by atoms with Crippen LogP contribution in [0.2, 0.25) is 0 Å². The van der Waals surface area contributed by atoms with Crippen LogP contribution in [0.15, 0.2) is 30.5 Å². The molecule has 2 aromatic heterocycles. The molecule has 40 heavy (non-hydrogen) atoms. The summed E-state index contributed by atoms with van der Waals surface area (Å²) in [5.41, 5.74) is -0.458. The molecule has 3 fully saturated rings. The number of nitrogens with zero attached hydrogens (tertiary/aromatic N) is 5. The molecule has 5 heterocycles. The molecule has 3 aliphatic rings. The molecular weight excluding hydrogens is 519 g/mol. The van der Waals surface area contributed by atoms with E-state index < -0.39 is 23.3 Å². The third kappa shape index (κ3) is 3.83. The molecule has 204 valence electrons. The highest BCUT2D eigenvalue weighted by atomic mass is 19.1. The van der Waals surface area contributed by atoms with E-state index in [1.807, 2.05) is 4.90 Å². The zero-order chi connectivity index (χ0) is 27.6. The van der Waals surface area contributed by atoms with E-state index >= 15 is 4.39 Å². The quantitative estimate of drug-likeness (QED) is 0.355.